The quantitative estimate of drug-likeness (QED) is 0.565. The van der Waals surface area contributed by atoms with Crippen molar-refractivity contribution in [3.8, 4) is 0 Å². The van der Waals surface area contributed by atoms with Crippen molar-refractivity contribution in [3.05, 3.63) is 36.5 Å². The molecule has 1 fully saturated rings. The lowest BCUT2D eigenvalue weighted by Crippen LogP contribution is -2.20. The third-order valence-electron chi connectivity index (χ3n) is 2.85. The van der Waals surface area contributed by atoms with Gasteiger partial charge in [0.1, 0.15) is 0 Å². The molecule has 0 aromatic rings. The summed E-state index contributed by atoms with van der Waals surface area (Å²) >= 11 is 0. The van der Waals surface area contributed by atoms with Gasteiger partial charge in [0.2, 0.25) is 0 Å². The summed E-state index contributed by atoms with van der Waals surface area (Å²) in [5.74, 6) is 0. The highest BCUT2D eigenvalue weighted by Crippen LogP contribution is 2.12. The number of allylic oxidation sites excluding steroid dienone is 5. The highest BCUT2D eigenvalue weighted by Gasteiger charge is 2.10. The minimum atomic E-state index is 1.17. The van der Waals surface area contributed by atoms with Gasteiger partial charge in [-0.1, -0.05) is 58.6 Å². The molecule has 1 rings (SSSR count). The predicted molar refractivity (Wildman–Crippen MR) is 90.7 cm³/mol. The minimum absolute atomic E-state index is 1.17. The zero-order chi connectivity index (χ0) is 14.9. The normalized spacial score (nSPS) is 15.5. The molecular formula is C18H35N. The monoisotopic (exact) mass is 265 g/mol. The fourth-order valence-corrected chi connectivity index (χ4v) is 2.10. The Morgan fingerprint density at radius 2 is 1.68 bits per heavy atom. The van der Waals surface area contributed by atoms with Crippen LogP contribution in [0.15, 0.2) is 36.5 Å². The first kappa shape index (κ1) is 20.5. The Morgan fingerprint density at radius 1 is 1.11 bits per heavy atom. The van der Waals surface area contributed by atoms with E-state index in [9.17, 15) is 0 Å². The molecule has 0 atom stereocenters. The number of hydrogen-bond acceptors (Lipinski definition) is 1. The van der Waals surface area contributed by atoms with E-state index in [1.807, 2.05) is 33.8 Å². The van der Waals surface area contributed by atoms with E-state index in [0.29, 0.717) is 0 Å². The molecule has 1 saturated heterocycles. The van der Waals surface area contributed by atoms with E-state index in [1.165, 1.54) is 50.9 Å². The molecule has 0 aromatic heterocycles. The molecule has 0 N–H and O–H groups in total. The summed E-state index contributed by atoms with van der Waals surface area (Å²) in [6.45, 7) is 17.7. The summed E-state index contributed by atoms with van der Waals surface area (Å²) in [7, 11) is 0. The van der Waals surface area contributed by atoms with Crippen molar-refractivity contribution in [2.75, 3.05) is 19.6 Å². The molecule has 0 amide bonds. The summed E-state index contributed by atoms with van der Waals surface area (Å²) in [4.78, 5) is 2.57. The second kappa shape index (κ2) is 17.2. The van der Waals surface area contributed by atoms with Gasteiger partial charge >= 0.3 is 0 Å². The molecule has 1 heteroatoms. The van der Waals surface area contributed by atoms with Gasteiger partial charge in [0.25, 0.3) is 0 Å². The molecule has 112 valence electrons. The van der Waals surface area contributed by atoms with Crippen LogP contribution in [-0.4, -0.2) is 24.5 Å². The molecule has 1 aliphatic rings. The van der Waals surface area contributed by atoms with Gasteiger partial charge in [0.15, 0.2) is 0 Å². The highest BCUT2D eigenvalue weighted by atomic mass is 15.1. The zero-order valence-electron chi connectivity index (χ0n) is 13.9. The smallest absolute Gasteiger partial charge is 0.00156 e. The van der Waals surface area contributed by atoms with E-state index in [4.69, 9.17) is 0 Å². The SMILES string of the molecule is C=C/C=C(\C=C/C)CCCN1CCCC1.CC.CC. The average Bonchev–Trinajstić information content (AvgIpc) is 2.97. The Labute approximate surface area is 122 Å². The summed E-state index contributed by atoms with van der Waals surface area (Å²) < 4.78 is 0. The van der Waals surface area contributed by atoms with Crippen LogP contribution in [0.3, 0.4) is 0 Å². The Hall–Kier alpha value is -0.820. The lowest BCUT2D eigenvalue weighted by molar-refractivity contribution is 0.334. The highest BCUT2D eigenvalue weighted by molar-refractivity contribution is 5.22. The molecule has 19 heavy (non-hydrogen) atoms. The Kier molecular flexibility index (Phi) is 18.5. The van der Waals surface area contributed by atoms with Crippen LogP contribution >= 0.6 is 0 Å². The molecule has 1 aliphatic heterocycles. The first-order valence-corrected chi connectivity index (χ1v) is 8.03. The Bertz CT molecular complexity index is 232. The van der Waals surface area contributed by atoms with Crippen LogP contribution in [0.1, 0.15) is 60.3 Å². The maximum absolute atomic E-state index is 3.75. The first-order valence-electron chi connectivity index (χ1n) is 8.03. The van der Waals surface area contributed by atoms with Crippen LogP contribution in [0.25, 0.3) is 0 Å². The van der Waals surface area contributed by atoms with Crippen LogP contribution in [0.2, 0.25) is 0 Å². The van der Waals surface area contributed by atoms with Crippen LogP contribution in [0.4, 0.5) is 0 Å². The fourth-order valence-electron chi connectivity index (χ4n) is 2.10. The largest absolute Gasteiger partial charge is 0.303 e. The number of nitrogens with zero attached hydrogens (tertiary/aromatic N) is 1. The molecule has 1 nitrogen and oxygen atoms in total. The molecule has 0 radical (unpaired) electrons. The van der Waals surface area contributed by atoms with Gasteiger partial charge in [0, 0.05) is 0 Å². The van der Waals surface area contributed by atoms with Crippen LogP contribution in [0.5, 0.6) is 0 Å². The summed E-state index contributed by atoms with van der Waals surface area (Å²) in [6.07, 6.45) is 13.5. The topological polar surface area (TPSA) is 3.24 Å². The Balaban J connectivity index is 0. The molecule has 0 aromatic carbocycles. The van der Waals surface area contributed by atoms with Gasteiger partial charge in [-0.05, 0) is 57.8 Å². The third-order valence-corrected chi connectivity index (χ3v) is 2.85. The molecule has 0 aliphatic carbocycles. The first-order chi connectivity index (χ1) is 9.36. The maximum atomic E-state index is 3.75. The summed E-state index contributed by atoms with van der Waals surface area (Å²) in [5.41, 5.74) is 1.40. The molecule has 0 bridgehead atoms. The predicted octanol–water partition coefficient (Wildman–Crippen LogP) is 5.60. The van der Waals surface area contributed by atoms with Crippen molar-refractivity contribution in [2.45, 2.75) is 60.3 Å². The van der Waals surface area contributed by atoms with Gasteiger partial charge in [-0.15, -0.1) is 0 Å². The molecule has 0 spiro atoms. The average molecular weight is 265 g/mol. The summed E-state index contributed by atoms with van der Waals surface area (Å²) in [5, 5.41) is 0. The van der Waals surface area contributed by atoms with Gasteiger partial charge in [-0.3, -0.25) is 0 Å². The second-order valence-electron chi connectivity index (χ2n) is 4.13. The lowest BCUT2D eigenvalue weighted by atomic mass is 10.1. The Morgan fingerprint density at radius 3 is 2.16 bits per heavy atom. The van der Waals surface area contributed by atoms with Gasteiger partial charge in [0.05, 0.1) is 0 Å². The van der Waals surface area contributed by atoms with Crippen molar-refractivity contribution in [1.82, 2.24) is 4.90 Å². The number of rotatable bonds is 6. The van der Waals surface area contributed by atoms with Gasteiger partial charge in [-0.25, -0.2) is 0 Å². The van der Waals surface area contributed by atoms with Crippen molar-refractivity contribution >= 4 is 0 Å². The van der Waals surface area contributed by atoms with Crippen molar-refractivity contribution < 1.29 is 0 Å². The molecule has 1 heterocycles. The van der Waals surface area contributed by atoms with Crippen molar-refractivity contribution in [2.24, 2.45) is 0 Å². The van der Waals surface area contributed by atoms with Crippen LogP contribution in [-0.2, 0) is 0 Å². The number of hydrogen-bond donors (Lipinski definition) is 0. The van der Waals surface area contributed by atoms with E-state index in [2.05, 4.69) is 36.6 Å². The standard InChI is InChI=1S/C14H23N.2C2H6/c1-3-8-14(9-4-2)10-7-13-15-11-5-6-12-15;2*1-2/h3-4,8-9H,1,5-7,10-13H2,2H3;2*1-2H3/b9-4-,14-8+;;. The van der Waals surface area contributed by atoms with Crippen LogP contribution < -0.4 is 0 Å². The van der Waals surface area contributed by atoms with E-state index in [-0.39, 0.29) is 0 Å². The summed E-state index contributed by atoms with van der Waals surface area (Å²) in [6, 6.07) is 0. The third kappa shape index (κ3) is 12.0. The molecule has 0 saturated carbocycles. The van der Waals surface area contributed by atoms with Crippen LogP contribution in [0, 0.1) is 0 Å². The maximum Gasteiger partial charge on any atom is -0.00156 e. The minimum Gasteiger partial charge on any atom is -0.303 e. The number of likely N-dealkylation sites (tertiary alicyclic amines) is 1. The van der Waals surface area contributed by atoms with E-state index < -0.39 is 0 Å². The molecular weight excluding hydrogens is 230 g/mol. The molecule has 0 unspecified atom stereocenters. The fraction of sp³-hybridized carbons (Fsp3) is 0.667. The van der Waals surface area contributed by atoms with Crippen molar-refractivity contribution in [1.29, 1.82) is 0 Å². The van der Waals surface area contributed by atoms with Gasteiger partial charge < -0.3 is 4.90 Å². The van der Waals surface area contributed by atoms with Gasteiger partial charge in [-0.2, -0.15) is 0 Å². The van der Waals surface area contributed by atoms with Crippen molar-refractivity contribution in [3.63, 3.8) is 0 Å². The van der Waals surface area contributed by atoms with E-state index in [0.717, 1.165) is 0 Å². The van der Waals surface area contributed by atoms with E-state index >= 15 is 0 Å². The lowest BCUT2D eigenvalue weighted by Gasteiger charge is -2.14. The van der Waals surface area contributed by atoms with E-state index in [1.54, 1.807) is 0 Å². The zero-order valence-corrected chi connectivity index (χ0v) is 13.9. The second-order valence-corrected chi connectivity index (χ2v) is 4.13.